The summed E-state index contributed by atoms with van der Waals surface area (Å²) in [5.74, 6) is 0. The average Bonchev–Trinajstić information content (AvgIpc) is 2.52. The molecule has 0 radical (unpaired) electrons. The highest BCUT2D eigenvalue weighted by atomic mass is 16.5. The topological polar surface area (TPSA) is 56.2 Å². The number of rotatable bonds is 8. The van der Waals surface area contributed by atoms with Gasteiger partial charge in [0.1, 0.15) is 0 Å². The van der Waals surface area contributed by atoms with Crippen LogP contribution < -0.4 is 4.90 Å². The van der Waals surface area contributed by atoms with Gasteiger partial charge in [0.05, 0.1) is 18.8 Å². The second-order valence-corrected chi connectivity index (χ2v) is 6.37. The lowest BCUT2D eigenvalue weighted by atomic mass is 10.1. The number of para-hydroxylation sites is 1. The predicted octanol–water partition coefficient (Wildman–Crippen LogP) is 1.48. The van der Waals surface area contributed by atoms with E-state index in [1.165, 1.54) is 11.3 Å². The van der Waals surface area contributed by atoms with Gasteiger partial charge in [0, 0.05) is 45.0 Å². The Labute approximate surface area is 139 Å². The third-order valence-electron chi connectivity index (χ3n) is 4.19. The highest BCUT2D eigenvalue weighted by Gasteiger charge is 2.24. The van der Waals surface area contributed by atoms with Crippen molar-refractivity contribution in [2.45, 2.75) is 39.0 Å². The standard InChI is InChI=1S/C18H30N2O3/c1-15-12-20(13-16(2)23-15)18-7-4-3-6-17(18)14-19(9-11-22)8-5-10-21/h3-4,6-7,15-16,21-22H,5,8-14H2,1-2H3. The SMILES string of the molecule is CC1CN(c2ccccc2CN(CCO)CCCO)CC(C)O1. The maximum atomic E-state index is 9.27. The maximum absolute atomic E-state index is 9.27. The van der Waals surface area contributed by atoms with E-state index in [1.54, 1.807) is 0 Å². The summed E-state index contributed by atoms with van der Waals surface area (Å²) in [5, 5.41) is 18.3. The van der Waals surface area contributed by atoms with Gasteiger partial charge in [-0.25, -0.2) is 0 Å². The zero-order chi connectivity index (χ0) is 16.7. The van der Waals surface area contributed by atoms with Crippen molar-refractivity contribution in [1.29, 1.82) is 0 Å². The number of aliphatic hydroxyl groups excluding tert-OH is 2. The summed E-state index contributed by atoms with van der Waals surface area (Å²) in [5.41, 5.74) is 2.52. The van der Waals surface area contributed by atoms with Crippen LogP contribution in [0.25, 0.3) is 0 Å². The van der Waals surface area contributed by atoms with Crippen LogP contribution in [0.5, 0.6) is 0 Å². The molecule has 1 aliphatic rings. The molecule has 0 amide bonds. The molecule has 130 valence electrons. The highest BCUT2D eigenvalue weighted by molar-refractivity contribution is 5.54. The van der Waals surface area contributed by atoms with Crippen molar-refractivity contribution in [3.63, 3.8) is 0 Å². The summed E-state index contributed by atoms with van der Waals surface area (Å²) in [4.78, 5) is 4.60. The van der Waals surface area contributed by atoms with Gasteiger partial charge in [-0.05, 0) is 31.9 Å². The molecule has 5 heteroatoms. The predicted molar refractivity (Wildman–Crippen MR) is 92.7 cm³/mol. The van der Waals surface area contributed by atoms with E-state index in [-0.39, 0.29) is 25.4 Å². The zero-order valence-electron chi connectivity index (χ0n) is 14.3. The number of aliphatic hydroxyl groups is 2. The normalized spacial score (nSPS) is 21.9. The fraction of sp³-hybridized carbons (Fsp3) is 0.667. The first-order chi connectivity index (χ1) is 11.1. The van der Waals surface area contributed by atoms with Gasteiger partial charge >= 0.3 is 0 Å². The molecule has 0 aliphatic carbocycles. The Balaban J connectivity index is 2.12. The molecule has 0 aromatic heterocycles. The Bertz CT molecular complexity index is 459. The first-order valence-corrected chi connectivity index (χ1v) is 8.56. The van der Waals surface area contributed by atoms with Crippen LogP contribution in [-0.4, -0.2) is 66.7 Å². The van der Waals surface area contributed by atoms with Crippen LogP contribution in [-0.2, 0) is 11.3 Å². The van der Waals surface area contributed by atoms with E-state index in [2.05, 4.69) is 47.9 Å². The van der Waals surface area contributed by atoms with Crippen LogP contribution in [0.2, 0.25) is 0 Å². The van der Waals surface area contributed by atoms with Crippen LogP contribution in [0, 0.1) is 0 Å². The smallest absolute Gasteiger partial charge is 0.0726 e. The van der Waals surface area contributed by atoms with Gasteiger partial charge in [0.2, 0.25) is 0 Å². The average molecular weight is 322 g/mol. The van der Waals surface area contributed by atoms with Crippen molar-refractivity contribution < 1.29 is 14.9 Å². The van der Waals surface area contributed by atoms with Crippen molar-refractivity contribution in [2.24, 2.45) is 0 Å². The van der Waals surface area contributed by atoms with E-state index in [1.807, 2.05) is 0 Å². The Morgan fingerprint density at radius 1 is 1.09 bits per heavy atom. The Kier molecular flexibility index (Phi) is 7.30. The zero-order valence-corrected chi connectivity index (χ0v) is 14.3. The molecule has 0 saturated carbocycles. The fourth-order valence-electron chi connectivity index (χ4n) is 3.27. The van der Waals surface area contributed by atoms with E-state index >= 15 is 0 Å². The van der Waals surface area contributed by atoms with Gasteiger partial charge in [-0.3, -0.25) is 4.90 Å². The van der Waals surface area contributed by atoms with E-state index in [4.69, 9.17) is 9.84 Å². The number of hydrogen-bond acceptors (Lipinski definition) is 5. The van der Waals surface area contributed by atoms with Crippen LogP contribution >= 0.6 is 0 Å². The summed E-state index contributed by atoms with van der Waals surface area (Å²) < 4.78 is 5.84. The minimum absolute atomic E-state index is 0.138. The Morgan fingerprint density at radius 3 is 2.43 bits per heavy atom. The third-order valence-corrected chi connectivity index (χ3v) is 4.19. The van der Waals surface area contributed by atoms with Gasteiger partial charge in [-0.1, -0.05) is 18.2 Å². The molecule has 5 nitrogen and oxygen atoms in total. The van der Waals surface area contributed by atoms with Crippen LogP contribution in [0.4, 0.5) is 5.69 Å². The van der Waals surface area contributed by atoms with E-state index < -0.39 is 0 Å². The monoisotopic (exact) mass is 322 g/mol. The lowest BCUT2D eigenvalue weighted by Gasteiger charge is -2.38. The summed E-state index contributed by atoms with van der Waals surface area (Å²) >= 11 is 0. The molecule has 2 N–H and O–H groups in total. The Morgan fingerprint density at radius 2 is 1.78 bits per heavy atom. The molecular weight excluding hydrogens is 292 g/mol. The molecule has 1 aromatic carbocycles. The number of morpholine rings is 1. The van der Waals surface area contributed by atoms with Crippen LogP contribution in [0.15, 0.2) is 24.3 Å². The number of benzene rings is 1. The molecule has 2 atom stereocenters. The molecule has 1 heterocycles. The van der Waals surface area contributed by atoms with Gasteiger partial charge in [-0.2, -0.15) is 0 Å². The number of nitrogens with zero attached hydrogens (tertiary/aromatic N) is 2. The highest BCUT2D eigenvalue weighted by Crippen LogP contribution is 2.25. The van der Waals surface area contributed by atoms with Gasteiger partial charge in [0.15, 0.2) is 0 Å². The van der Waals surface area contributed by atoms with Crippen molar-refractivity contribution in [1.82, 2.24) is 4.90 Å². The third kappa shape index (κ3) is 5.46. The molecule has 2 unspecified atom stereocenters. The number of anilines is 1. The van der Waals surface area contributed by atoms with Gasteiger partial charge in [0.25, 0.3) is 0 Å². The van der Waals surface area contributed by atoms with Crippen molar-refractivity contribution in [2.75, 3.05) is 44.3 Å². The Hall–Kier alpha value is -1.14. The second kappa shape index (κ2) is 9.23. The summed E-state index contributed by atoms with van der Waals surface area (Å²) in [7, 11) is 0. The first kappa shape index (κ1) is 18.2. The molecule has 1 saturated heterocycles. The van der Waals surface area contributed by atoms with Crippen molar-refractivity contribution >= 4 is 5.69 Å². The molecule has 0 spiro atoms. The summed E-state index contributed by atoms with van der Waals surface area (Å²) in [6.07, 6.45) is 1.19. The molecule has 1 fully saturated rings. The maximum Gasteiger partial charge on any atom is 0.0726 e. The number of ether oxygens (including phenoxy) is 1. The lowest BCUT2D eigenvalue weighted by Crippen LogP contribution is -2.46. The molecule has 1 aromatic rings. The number of hydrogen-bond donors (Lipinski definition) is 2. The van der Waals surface area contributed by atoms with Gasteiger partial charge < -0.3 is 19.8 Å². The molecule has 2 rings (SSSR count). The molecule has 1 aliphatic heterocycles. The van der Waals surface area contributed by atoms with E-state index in [0.717, 1.165) is 32.6 Å². The van der Waals surface area contributed by atoms with E-state index in [0.29, 0.717) is 6.54 Å². The van der Waals surface area contributed by atoms with Crippen molar-refractivity contribution in [3.05, 3.63) is 29.8 Å². The molecular formula is C18H30N2O3. The summed E-state index contributed by atoms with van der Waals surface area (Å²) in [6, 6.07) is 8.47. The minimum atomic E-state index is 0.138. The second-order valence-electron chi connectivity index (χ2n) is 6.37. The molecule has 0 bridgehead atoms. The van der Waals surface area contributed by atoms with Crippen LogP contribution in [0.3, 0.4) is 0 Å². The summed E-state index contributed by atoms with van der Waals surface area (Å²) in [6.45, 7) is 8.56. The van der Waals surface area contributed by atoms with Crippen LogP contribution in [0.1, 0.15) is 25.8 Å². The van der Waals surface area contributed by atoms with E-state index in [9.17, 15) is 5.11 Å². The molecule has 23 heavy (non-hydrogen) atoms. The quantitative estimate of drug-likeness (QED) is 0.759. The first-order valence-electron chi connectivity index (χ1n) is 8.56. The van der Waals surface area contributed by atoms with Gasteiger partial charge in [-0.15, -0.1) is 0 Å². The lowest BCUT2D eigenvalue weighted by molar-refractivity contribution is -0.00529. The van der Waals surface area contributed by atoms with Crippen molar-refractivity contribution in [3.8, 4) is 0 Å². The minimum Gasteiger partial charge on any atom is -0.396 e. The fourth-order valence-corrected chi connectivity index (χ4v) is 3.27. The largest absolute Gasteiger partial charge is 0.396 e.